The summed E-state index contributed by atoms with van der Waals surface area (Å²) in [6.07, 6.45) is 20.6. The van der Waals surface area contributed by atoms with E-state index in [2.05, 4.69) is 11.9 Å². The number of benzene rings is 1. The van der Waals surface area contributed by atoms with Crippen molar-refractivity contribution in [1.82, 2.24) is 4.98 Å². The molecule has 0 radical (unpaired) electrons. The fraction of sp³-hybridized carbons (Fsp3) is 0.700. The molecule has 0 saturated heterocycles. The third-order valence-electron chi connectivity index (χ3n) is 6.68. The Balaban J connectivity index is 1.46. The third kappa shape index (κ3) is 14.8. The molecule has 0 bridgehead atoms. The van der Waals surface area contributed by atoms with Crippen molar-refractivity contribution in [3.63, 3.8) is 0 Å². The highest BCUT2D eigenvalue weighted by atomic mass is 32.2. The average molecular weight is 550 g/mol. The van der Waals surface area contributed by atoms with Crippen LogP contribution in [0.5, 0.6) is 0 Å². The van der Waals surface area contributed by atoms with Gasteiger partial charge in [-0.2, -0.15) is 0 Å². The van der Waals surface area contributed by atoms with Gasteiger partial charge in [-0.25, -0.2) is 4.98 Å². The van der Waals surface area contributed by atoms with E-state index >= 15 is 0 Å². The van der Waals surface area contributed by atoms with Crippen molar-refractivity contribution >= 4 is 45.3 Å². The molecule has 0 saturated carbocycles. The number of rotatable bonds is 23. The number of thiazole rings is 1. The molecule has 1 atom stereocenters. The number of nitrogens with zero attached hydrogens (tertiary/aromatic N) is 1. The Labute approximate surface area is 232 Å². The summed E-state index contributed by atoms with van der Waals surface area (Å²) in [7, 11) is 0. The van der Waals surface area contributed by atoms with Crippen LogP contribution in [0.25, 0.3) is 10.2 Å². The second-order valence-electron chi connectivity index (χ2n) is 10.0. The first-order valence-corrected chi connectivity index (χ1v) is 16.3. The number of aliphatic carboxylic acids is 1. The molecule has 0 fully saturated rings. The molecule has 2 rings (SSSR count). The van der Waals surface area contributed by atoms with Crippen LogP contribution in [0.15, 0.2) is 28.6 Å². The number of para-hydroxylation sites is 1. The zero-order valence-corrected chi connectivity index (χ0v) is 24.4. The molecule has 0 aliphatic carbocycles. The predicted molar refractivity (Wildman–Crippen MR) is 157 cm³/mol. The quantitative estimate of drug-likeness (QED) is 0.0845. The second kappa shape index (κ2) is 20.4. The molecular formula is C30H47NO4S2. The summed E-state index contributed by atoms with van der Waals surface area (Å²) in [5.74, 6) is -1.68. The Morgan fingerprint density at radius 3 is 1.95 bits per heavy atom. The lowest BCUT2D eigenvalue weighted by atomic mass is 10.0. The lowest BCUT2D eigenvalue weighted by Crippen LogP contribution is -2.23. The van der Waals surface area contributed by atoms with Gasteiger partial charge in [0.2, 0.25) is 0 Å². The Bertz CT molecular complexity index is 852. The van der Waals surface area contributed by atoms with Gasteiger partial charge in [0.1, 0.15) is 0 Å². The number of carbonyl (C=O) groups excluding carboxylic acids is 1. The van der Waals surface area contributed by atoms with Gasteiger partial charge in [-0.1, -0.05) is 127 Å². The maximum atomic E-state index is 12.5. The largest absolute Gasteiger partial charge is 0.481 e. The molecular weight excluding hydrogens is 502 g/mol. The van der Waals surface area contributed by atoms with Crippen molar-refractivity contribution in [3.05, 3.63) is 24.3 Å². The lowest BCUT2D eigenvalue weighted by Gasteiger charge is -2.13. The van der Waals surface area contributed by atoms with E-state index in [1.54, 1.807) is 11.3 Å². The van der Waals surface area contributed by atoms with E-state index < -0.39 is 17.9 Å². The van der Waals surface area contributed by atoms with Gasteiger partial charge in [0.15, 0.2) is 4.34 Å². The molecule has 5 nitrogen and oxygen atoms in total. The number of carboxylic acids is 1. The molecule has 1 aromatic carbocycles. The number of thioether (sulfide) groups is 1. The van der Waals surface area contributed by atoms with Crippen molar-refractivity contribution in [2.24, 2.45) is 5.92 Å². The summed E-state index contributed by atoms with van der Waals surface area (Å²) in [5, 5.41) is 9.23. The number of carbonyl (C=O) groups is 2. The minimum absolute atomic E-state index is 0.213. The van der Waals surface area contributed by atoms with E-state index in [0.29, 0.717) is 12.4 Å². The maximum Gasteiger partial charge on any atom is 0.310 e. The van der Waals surface area contributed by atoms with Crippen LogP contribution in [0, 0.1) is 5.92 Å². The Morgan fingerprint density at radius 2 is 1.41 bits per heavy atom. The molecule has 208 valence electrons. The zero-order valence-electron chi connectivity index (χ0n) is 22.8. The topological polar surface area (TPSA) is 76.5 Å². The summed E-state index contributed by atoms with van der Waals surface area (Å²) in [4.78, 5) is 28.3. The molecule has 0 aliphatic heterocycles. The summed E-state index contributed by atoms with van der Waals surface area (Å²) >= 11 is 3.00. The van der Waals surface area contributed by atoms with Crippen molar-refractivity contribution in [2.75, 3.05) is 12.4 Å². The van der Waals surface area contributed by atoms with Gasteiger partial charge in [-0.15, -0.1) is 11.3 Å². The number of unbranched alkanes of at least 4 members (excludes halogenated alkanes) is 15. The lowest BCUT2D eigenvalue weighted by molar-refractivity contribution is -0.152. The molecule has 1 heterocycles. The SMILES string of the molecule is CCCCCCCCCCCCCCCCCCOC(=O)C(CSc1nc2ccccc2s1)CC(=O)O. The normalized spacial score (nSPS) is 12.1. The van der Waals surface area contributed by atoms with Crippen molar-refractivity contribution < 1.29 is 19.4 Å². The van der Waals surface area contributed by atoms with Crippen LogP contribution in [0.3, 0.4) is 0 Å². The molecule has 0 aliphatic rings. The van der Waals surface area contributed by atoms with Crippen LogP contribution < -0.4 is 0 Å². The third-order valence-corrected chi connectivity index (χ3v) is 9.02. The predicted octanol–water partition coefficient (Wildman–Crippen LogP) is 9.28. The summed E-state index contributed by atoms with van der Waals surface area (Å²) in [6, 6.07) is 7.88. The van der Waals surface area contributed by atoms with Gasteiger partial charge in [0, 0.05) is 5.75 Å². The number of fused-ring (bicyclic) bond motifs is 1. The summed E-state index contributed by atoms with van der Waals surface area (Å²) < 4.78 is 7.38. The molecule has 1 aromatic heterocycles. The number of hydrogen-bond donors (Lipinski definition) is 1. The van der Waals surface area contributed by atoms with E-state index in [-0.39, 0.29) is 6.42 Å². The van der Waals surface area contributed by atoms with Crippen LogP contribution in [-0.2, 0) is 14.3 Å². The van der Waals surface area contributed by atoms with E-state index in [4.69, 9.17) is 4.74 Å². The Kier molecular flexibility index (Phi) is 17.4. The molecule has 0 amide bonds. The average Bonchev–Trinajstić information content (AvgIpc) is 3.31. The first-order chi connectivity index (χ1) is 18.1. The van der Waals surface area contributed by atoms with Crippen molar-refractivity contribution in [1.29, 1.82) is 0 Å². The van der Waals surface area contributed by atoms with Crippen LogP contribution in [0.4, 0.5) is 0 Å². The first-order valence-electron chi connectivity index (χ1n) is 14.5. The Morgan fingerprint density at radius 1 is 0.865 bits per heavy atom. The highest BCUT2D eigenvalue weighted by Gasteiger charge is 2.24. The number of carboxylic acid groups (broad SMARTS) is 1. The number of esters is 1. The minimum atomic E-state index is -0.978. The second-order valence-corrected chi connectivity index (χ2v) is 12.3. The van der Waals surface area contributed by atoms with Gasteiger partial charge >= 0.3 is 11.9 Å². The monoisotopic (exact) mass is 549 g/mol. The first kappa shape index (κ1) is 31.6. The van der Waals surface area contributed by atoms with Crippen molar-refractivity contribution in [2.45, 2.75) is 120 Å². The van der Waals surface area contributed by atoms with E-state index in [1.807, 2.05) is 24.3 Å². The van der Waals surface area contributed by atoms with E-state index in [9.17, 15) is 14.7 Å². The number of hydrogen-bond acceptors (Lipinski definition) is 6. The number of ether oxygens (including phenoxy) is 1. The van der Waals surface area contributed by atoms with Crippen LogP contribution in [0.2, 0.25) is 0 Å². The van der Waals surface area contributed by atoms with Gasteiger partial charge in [-0.05, 0) is 18.6 Å². The Hall–Kier alpha value is -1.60. The number of aromatic nitrogens is 1. The maximum absolute atomic E-state index is 12.5. The van der Waals surface area contributed by atoms with Crippen LogP contribution in [0.1, 0.15) is 116 Å². The fourth-order valence-electron chi connectivity index (χ4n) is 4.45. The van der Waals surface area contributed by atoms with Gasteiger partial charge in [-0.3, -0.25) is 9.59 Å². The molecule has 2 aromatic rings. The molecule has 37 heavy (non-hydrogen) atoms. The smallest absolute Gasteiger partial charge is 0.310 e. The van der Waals surface area contributed by atoms with Gasteiger partial charge in [0.25, 0.3) is 0 Å². The molecule has 0 spiro atoms. The standard InChI is InChI=1S/C30H47NO4S2/c1-2-3-4-5-6-7-8-9-10-11-12-13-14-15-16-19-22-35-29(34)25(23-28(32)33)24-36-30-31-26-20-17-18-21-27(26)37-30/h17-18,20-21,25H,2-16,19,22-24H2,1H3,(H,32,33). The van der Waals surface area contributed by atoms with Gasteiger partial charge < -0.3 is 9.84 Å². The minimum Gasteiger partial charge on any atom is -0.481 e. The van der Waals surface area contributed by atoms with E-state index in [0.717, 1.165) is 27.4 Å². The van der Waals surface area contributed by atoms with Crippen molar-refractivity contribution in [3.8, 4) is 0 Å². The highest BCUT2D eigenvalue weighted by molar-refractivity contribution is 8.01. The van der Waals surface area contributed by atoms with Gasteiger partial charge in [0.05, 0.1) is 29.2 Å². The van der Waals surface area contributed by atoms with Crippen LogP contribution in [-0.4, -0.2) is 34.4 Å². The van der Waals surface area contributed by atoms with Crippen LogP contribution >= 0.6 is 23.1 Å². The fourth-order valence-corrected chi connectivity index (χ4v) is 6.61. The zero-order chi connectivity index (χ0) is 26.6. The summed E-state index contributed by atoms with van der Waals surface area (Å²) in [6.45, 7) is 2.64. The molecule has 1 unspecified atom stereocenters. The molecule has 1 N–H and O–H groups in total. The molecule has 7 heteroatoms. The van der Waals surface area contributed by atoms with E-state index in [1.165, 1.54) is 102 Å². The summed E-state index contributed by atoms with van der Waals surface area (Å²) in [5.41, 5.74) is 0.927. The highest BCUT2D eigenvalue weighted by Crippen LogP contribution is 2.31.